The highest BCUT2D eigenvalue weighted by atomic mass is 127. The molecule has 1 aliphatic carbocycles. The average Bonchev–Trinajstić information content (AvgIpc) is 2.68. The van der Waals surface area contributed by atoms with Crippen LogP contribution in [0.15, 0.2) is 4.99 Å². The molecule has 1 saturated carbocycles. The second-order valence-corrected chi connectivity index (χ2v) is 7.91. The molecule has 0 atom stereocenters. The van der Waals surface area contributed by atoms with Crippen LogP contribution in [0.2, 0.25) is 0 Å². The summed E-state index contributed by atoms with van der Waals surface area (Å²) < 4.78 is 10.5. The van der Waals surface area contributed by atoms with E-state index >= 15 is 0 Å². The molecule has 1 heterocycles. The van der Waals surface area contributed by atoms with Crippen molar-refractivity contribution in [3.63, 3.8) is 0 Å². The molecule has 0 aromatic heterocycles. The fraction of sp³-hybridized carbons (Fsp3) is 0.950. The van der Waals surface area contributed by atoms with Crippen molar-refractivity contribution in [1.82, 2.24) is 15.1 Å². The number of methoxy groups -OCH3 is 1. The van der Waals surface area contributed by atoms with Crippen molar-refractivity contribution in [3.8, 4) is 0 Å². The second-order valence-electron chi connectivity index (χ2n) is 7.91. The minimum atomic E-state index is 0. The summed E-state index contributed by atoms with van der Waals surface area (Å²) in [5, 5.41) is 3.42. The van der Waals surface area contributed by atoms with Crippen molar-refractivity contribution in [3.05, 3.63) is 0 Å². The number of halogens is 1. The number of hydrogen-bond donors (Lipinski definition) is 1. The topological polar surface area (TPSA) is 49.3 Å². The lowest BCUT2D eigenvalue weighted by molar-refractivity contribution is 0.0721. The van der Waals surface area contributed by atoms with E-state index < -0.39 is 0 Å². The number of piperazine rings is 1. The number of ether oxygens (including phenoxy) is 2. The van der Waals surface area contributed by atoms with E-state index in [0.29, 0.717) is 19.8 Å². The van der Waals surface area contributed by atoms with Gasteiger partial charge in [0, 0.05) is 52.9 Å². The van der Waals surface area contributed by atoms with Gasteiger partial charge in [0.05, 0.1) is 19.8 Å². The van der Waals surface area contributed by atoms with Gasteiger partial charge in [-0.3, -0.25) is 9.89 Å². The Labute approximate surface area is 183 Å². The summed E-state index contributed by atoms with van der Waals surface area (Å²) in [4.78, 5) is 9.54. The first-order chi connectivity index (χ1) is 12.7. The highest BCUT2D eigenvalue weighted by Gasteiger charge is 2.29. The molecule has 0 radical (unpaired) electrons. The zero-order valence-electron chi connectivity index (χ0n) is 17.8. The summed E-state index contributed by atoms with van der Waals surface area (Å²) in [6, 6.07) is 0.802. The summed E-state index contributed by atoms with van der Waals surface area (Å²) in [5.74, 6) is 2.80. The summed E-state index contributed by atoms with van der Waals surface area (Å²) in [6.45, 7) is 12.0. The molecular formula is C20H41IN4O2. The number of rotatable bonds is 8. The van der Waals surface area contributed by atoms with E-state index in [-0.39, 0.29) is 24.0 Å². The molecule has 0 unspecified atom stereocenters. The maximum atomic E-state index is 5.51. The number of nitrogens with zero attached hydrogens (tertiary/aromatic N) is 3. The summed E-state index contributed by atoms with van der Waals surface area (Å²) in [6.07, 6.45) is 5.59. The first kappa shape index (κ1) is 24.9. The van der Waals surface area contributed by atoms with Gasteiger partial charge in [0.2, 0.25) is 0 Å². The minimum absolute atomic E-state index is 0. The maximum absolute atomic E-state index is 5.51. The molecule has 0 bridgehead atoms. The van der Waals surface area contributed by atoms with Crippen molar-refractivity contribution < 1.29 is 9.47 Å². The van der Waals surface area contributed by atoms with Crippen LogP contribution < -0.4 is 5.32 Å². The van der Waals surface area contributed by atoms with E-state index in [1.54, 1.807) is 7.11 Å². The van der Waals surface area contributed by atoms with E-state index in [1.807, 2.05) is 7.05 Å². The Bertz CT molecular complexity index is 407. The summed E-state index contributed by atoms with van der Waals surface area (Å²) in [7, 11) is 3.56. The SMILES string of the molecule is CN=C(NCCOCCOC)N1CCN(C2CCC(C(C)C)CC2)CC1.I. The smallest absolute Gasteiger partial charge is 0.193 e. The van der Waals surface area contributed by atoms with Crippen LogP contribution in [0.4, 0.5) is 0 Å². The number of guanidine groups is 1. The van der Waals surface area contributed by atoms with E-state index in [2.05, 4.69) is 34.0 Å². The largest absolute Gasteiger partial charge is 0.382 e. The van der Waals surface area contributed by atoms with Gasteiger partial charge in [0.25, 0.3) is 0 Å². The average molecular weight is 496 g/mol. The zero-order valence-corrected chi connectivity index (χ0v) is 20.1. The molecule has 0 aromatic carbocycles. The van der Waals surface area contributed by atoms with Crippen LogP contribution in [0, 0.1) is 11.8 Å². The molecule has 2 rings (SSSR count). The molecule has 1 aliphatic heterocycles. The molecule has 6 nitrogen and oxygen atoms in total. The third-order valence-corrected chi connectivity index (χ3v) is 5.99. The van der Waals surface area contributed by atoms with E-state index in [9.17, 15) is 0 Å². The molecule has 0 spiro atoms. The number of nitrogens with one attached hydrogen (secondary N) is 1. The Hall–Kier alpha value is -0.120. The van der Waals surface area contributed by atoms with Gasteiger partial charge in [-0.1, -0.05) is 13.8 Å². The van der Waals surface area contributed by atoms with E-state index in [4.69, 9.17) is 9.47 Å². The van der Waals surface area contributed by atoms with Crippen LogP contribution >= 0.6 is 24.0 Å². The van der Waals surface area contributed by atoms with Crippen LogP contribution in [0.1, 0.15) is 39.5 Å². The van der Waals surface area contributed by atoms with E-state index in [0.717, 1.165) is 56.6 Å². The quantitative estimate of drug-likeness (QED) is 0.243. The predicted octanol–water partition coefficient (Wildman–Crippen LogP) is 2.68. The first-order valence-corrected chi connectivity index (χ1v) is 10.4. The predicted molar refractivity (Wildman–Crippen MR) is 123 cm³/mol. The van der Waals surface area contributed by atoms with Gasteiger partial charge in [-0.15, -0.1) is 24.0 Å². The summed E-state index contributed by atoms with van der Waals surface area (Å²) in [5.41, 5.74) is 0. The van der Waals surface area contributed by atoms with Crippen LogP contribution in [-0.4, -0.2) is 88.5 Å². The molecule has 160 valence electrons. The van der Waals surface area contributed by atoms with Crippen molar-refractivity contribution >= 4 is 29.9 Å². The Kier molecular flexibility index (Phi) is 12.9. The highest BCUT2D eigenvalue weighted by molar-refractivity contribution is 14.0. The third kappa shape index (κ3) is 8.41. The number of aliphatic imine (C=N–C) groups is 1. The minimum Gasteiger partial charge on any atom is -0.382 e. The van der Waals surface area contributed by atoms with Gasteiger partial charge in [0.1, 0.15) is 0 Å². The Morgan fingerprint density at radius 2 is 1.70 bits per heavy atom. The lowest BCUT2D eigenvalue weighted by atomic mass is 9.79. The Morgan fingerprint density at radius 3 is 2.26 bits per heavy atom. The van der Waals surface area contributed by atoms with Gasteiger partial charge in [-0.2, -0.15) is 0 Å². The lowest BCUT2D eigenvalue weighted by Gasteiger charge is -2.43. The third-order valence-electron chi connectivity index (χ3n) is 5.99. The van der Waals surface area contributed by atoms with Gasteiger partial charge in [0.15, 0.2) is 5.96 Å². The molecule has 1 saturated heterocycles. The van der Waals surface area contributed by atoms with Crippen molar-refractivity contribution in [2.45, 2.75) is 45.6 Å². The standard InChI is InChI=1S/C20H40N4O2.HI/c1-17(2)18-5-7-19(8-6-18)23-10-12-24(13-11-23)20(21-3)22-9-14-26-16-15-25-4;/h17-19H,5-16H2,1-4H3,(H,21,22);1H. The number of hydrogen-bond acceptors (Lipinski definition) is 4. The van der Waals surface area contributed by atoms with E-state index in [1.165, 1.54) is 25.7 Å². The molecule has 2 aliphatic rings. The van der Waals surface area contributed by atoms with Crippen LogP contribution in [-0.2, 0) is 9.47 Å². The monoisotopic (exact) mass is 496 g/mol. The molecule has 0 amide bonds. The van der Waals surface area contributed by atoms with Gasteiger partial charge in [-0.25, -0.2) is 0 Å². The Morgan fingerprint density at radius 1 is 1.04 bits per heavy atom. The maximum Gasteiger partial charge on any atom is 0.193 e. The van der Waals surface area contributed by atoms with Crippen molar-refractivity contribution in [2.75, 3.05) is 66.7 Å². The molecule has 0 aromatic rings. The van der Waals surface area contributed by atoms with Crippen LogP contribution in [0.3, 0.4) is 0 Å². The molecule has 7 heteroatoms. The molecule has 2 fully saturated rings. The second kappa shape index (κ2) is 14.0. The molecular weight excluding hydrogens is 455 g/mol. The Balaban J connectivity index is 0.00000364. The van der Waals surface area contributed by atoms with Gasteiger partial charge in [-0.05, 0) is 37.5 Å². The van der Waals surface area contributed by atoms with Gasteiger partial charge >= 0.3 is 0 Å². The first-order valence-electron chi connectivity index (χ1n) is 10.4. The normalized spacial score (nSPS) is 24.8. The van der Waals surface area contributed by atoms with Gasteiger partial charge < -0.3 is 19.7 Å². The highest BCUT2D eigenvalue weighted by Crippen LogP contribution is 2.32. The van der Waals surface area contributed by atoms with Crippen molar-refractivity contribution in [2.24, 2.45) is 16.8 Å². The molecule has 1 N–H and O–H groups in total. The lowest BCUT2D eigenvalue weighted by Crippen LogP contribution is -2.55. The van der Waals surface area contributed by atoms with Crippen molar-refractivity contribution in [1.29, 1.82) is 0 Å². The zero-order chi connectivity index (χ0) is 18.8. The van der Waals surface area contributed by atoms with Crippen LogP contribution in [0.25, 0.3) is 0 Å². The summed E-state index contributed by atoms with van der Waals surface area (Å²) >= 11 is 0. The fourth-order valence-corrected chi connectivity index (χ4v) is 4.24. The van der Waals surface area contributed by atoms with Crippen LogP contribution in [0.5, 0.6) is 0 Å². The molecule has 27 heavy (non-hydrogen) atoms. The fourth-order valence-electron chi connectivity index (χ4n) is 4.24.